The predicted octanol–water partition coefficient (Wildman–Crippen LogP) is 6.94. The smallest absolute Gasteiger partial charge is 0.0246 e. The van der Waals surface area contributed by atoms with E-state index in [9.17, 15) is 0 Å². The summed E-state index contributed by atoms with van der Waals surface area (Å²) in [5.74, 6) is 4.00. The van der Waals surface area contributed by atoms with E-state index < -0.39 is 0 Å². The van der Waals surface area contributed by atoms with Crippen LogP contribution in [0.3, 0.4) is 0 Å². The maximum Gasteiger partial charge on any atom is -0.0246 e. The van der Waals surface area contributed by atoms with Gasteiger partial charge in [0, 0.05) is 0 Å². The fraction of sp³-hybridized carbons (Fsp3) is 1.00. The molecule has 0 radical (unpaired) electrons. The Bertz CT molecular complexity index is 403. The van der Waals surface area contributed by atoms with Gasteiger partial charge in [0.05, 0.1) is 0 Å². The molecule has 6 unspecified atom stereocenters. The van der Waals surface area contributed by atoms with Gasteiger partial charge in [0.25, 0.3) is 0 Å². The van der Waals surface area contributed by atoms with Gasteiger partial charge in [-0.15, -0.1) is 0 Å². The minimum absolute atomic E-state index is 0.631. The van der Waals surface area contributed by atoms with E-state index in [1.54, 1.807) is 0 Å². The highest BCUT2D eigenvalue weighted by molar-refractivity contribution is 5.09. The minimum Gasteiger partial charge on any atom is -0.0620 e. The first-order chi connectivity index (χ1) is 9.97. The summed E-state index contributed by atoms with van der Waals surface area (Å²) in [7, 11) is 0. The summed E-state index contributed by atoms with van der Waals surface area (Å²) in [6.45, 7) is 19.8. The second-order valence-corrected chi connectivity index (χ2v) is 11.0. The van der Waals surface area contributed by atoms with Crippen LogP contribution in [0.2, 0.25) is 0 Å². The van der Waals surface area contributed by atoms with Crippen molar-refractivity contribution in [1.82, 2.24) is 0 Å². The van der Waals surface area contributed by atoms with Crippen LogP contribution < -0.4 is 0 Å². The van der Waals surface area contributed by atoms with E-state index in [1.165, 1.54) is 38.5 Å². The Balaban J connectivity index is 0.000000131. The first-order valence-corrected chi connectivity index (χ1v) is 9.97. The van der Waals surface area contributed by atoms with Crippen LogP contribution in [0, 0.1) is 45.3 Å². The highest BCUT2D eigenvalue weighted by Crippen LogP contribution is 2.68. The topological polar surface area (TPSA) is 0 Å². The van der Waals surface area contributed by atoms with Crippen LogP contribution in [0.5, 0.6) is 0 Å². The fourth-order valence-corrected chi connectivity index (χ4v) is 7.21. The number of rotatable bonds is 0. The van der Waals surface area contributed by atoms with Crippen molar-refractivity contribution < 1.29 is 0 Å². The summed E-state index contributed by atoms with van der Waals surface area (Å²) in [5, 5.41) is 0. The van der Waals surface area contributed by atoms with Gasteiger partial charge in [-0.1, -0.05) is 55.4 Å². The molecule has 0 heterocycles. The highest BCUT2D eigenvalue weighted by atomic mass is 14.6. The van der Waals surface area contributed by atoms with Crippen LogP contribution in [0.1, 0.15) is 93.9 Å². The van der Waals surface area contributed by atoms with Crippen molar-refractivity contribution in [2.75, 3.05) is 0 Å². The monoisotopic (exact) mass is 304 g/mol. The van der Waals surface area contributed by atoms with Gasteiger partial charge >= 0.3 is 0 Å². The number of fused-ring (bicyclic) bond motifs is 4. The first kappa shape index (κ1) is 16.8. The summed E-state index contributed by atoms with van der Waals surface area (Å²) in [6.07, 6.45) is 8.92. The summed E-state index contributed by atoms with van der Waals surface area (Å²) in [6, 6.07) is 0. The van der Waals surface area contributed by atoms with E-state index in [1.807, 2.05) is 0 Å². The molecule has 4 rings (SSSR count). The number of hydrogen-bond donors (Lipinski definition) is 0. The Kier molecular flexibility index (Phi) is 3.65. The molecule has 6 atom stereocenters. The summed E-state index contributed by atoms with van der Waals surface area (Å²) < 4.78 is 0. The molecule has 0 heteroatoms. The standard InChI is InChI=1S/2C11H20/c2*1-8-7-9-5-6-11(8,4)10(9,2)3/h2*8-9H,5-7H2,1-4H3. The largest absolute Gasteiger partial charge is 0.0620 e. The summed E-state index contributed by atoms with van der Waals surface area (Å²) in [4.78, 5) is 0. The minimum atomic E-state index is 0.631. The average Bonchev–Trinajstić information content (AvgIpc) is 2.91. The van der Waals surface area contributed by atoms with Gasteiger partial charge in [-0.25, -0.2) is 0 Å². The van der Waals surface area contributed by atoms with Crippen LogP contribution in [-0.4, -0.2) is 0 Å². The molecule has 22 heavy (non-hydrogen) atoms. The summed E-state index contributed by atoms with van der Waals surface area (Å²) in [5.41, 5.74) is 2.59. The van der Waals surface area contributed by atoms with Gasteiger partial charge in [0.15, 0.2) is 0 Å². The van der Waals surface area contributed by atoms with Gasteiger partial charge in [-0.2, -0.15) is 0 Å². The molecule has 0 amide bonds. The maximum atomic E-state index is 2.50. The lowest BCUT2D eigenvalue weighted by Crippen LogP contribution is -2.30. The van der Waals surface area contributed by atoms with Crippen molar-refractivity contribution in [3.8, 4) is 0 Å². The summed E-state index contributed by atoms with van der Waals surface area (Å²) >= 11 is 0. The van der Waals surface area contributed by atoms with Crippen LogP contribution >= 0.6 is 0 Å². The third-order valence-corrected chi connectivity index (χ3v) is 10.5. The van der Waals surface area contributed by atoms with Gasteiger partial charge in [0.1, 0.15) is 0 Å². The molecule has 0 aromatic carbocycles. The van der Waals surface area contributed by atoms with Crippen molar-refractivity contribution in [2.24, 2.45) is 45.3 Å². The van der Waals surface area contributed by atoms with Crippen LogP contribution in [0.4, 0.5) is 0 Å². The lowest BCUT2D eigenvalue weighted by molar-refractivity contribution is 0.112. The molecule has 0 N–H and O–H groups in total. The van der Waals surface area contributed by atoms with Crippen molar-refractivity contribution in [1.29, 1.82) is 0 Å². The van der Waals surface area contributed by atoms with E-state index in [4.69, 9.17) is 0 Å². The van der Waals surface area contributed by atoms with Gasteiger partial charge < -0.3 is 0 Å². The van der Waals surface area contributed by atoms with E-state index in [0.717, 1.165) is 23.7 Å². The van der Waals surface area contributed by atoms with E-state index in [-0.39, 0.29) is 0 Å². The Morgan fingerprint density at radius 1 is 0.591 bits per heavy atom. The lowest BCUT2D eigenvalue weighted by Gasteiger charge is -2.37. The van der Waals surface area contributed by atoms with Gasteiger partial charge in [-0.3, -0.25) is 0 Å². The van der Waals surface area contributed by atoms with Crippen molar-refractivity contribution in [3.63, 3.8) is 0 Å². The molecule has 4 fully saturated rings. The molecule has 4 aliphatic carbocycles. The van der Waals surface area contributed by atoms with Gasteiger partial charge in [-0.05, 0) is 83.9 Å². The van der Waals surface area contributed by atoms with Gasteiger partial charge in [0.2, 0.25) is 0 Å². The van der Waals surface area contributed by atoms with E-state index in [0.29, 0.717) is 21.7 Å². The molecule has 0 aliphatic heterocycles. The quantitative estimate of drug-likeness (QED) is 0.455. The van der Waals surface area contributed by atoms with Crippen molar-refractivity contribution in [2.45, 2.75) is 93.9 Å². The fourth-order valence-electron chi connectivity index (χ4n) is 7.21. The Morgan fingerprint density at radius 2 is 0.909 bits per heavy atom. The zero-order valence-electron chi connectivity index (χ0n) is 16.6. The second kappa shape index (κ2) is 4.76. The Hall–Kier alpha value is 0. The molecule has 4 aliphatic rings. The molecular formula is C22H40. The molecule has 4 saturated carbocycles. The Morgan fingerprint density at radius 3 is 1.00 bits per heavy atom. The van der Waals surface area contributed by atoms with Crippen molar-refractivity contribution in [3.05, 3.63) is 0 Å². The van der Waals surface area contributed by atoms with Crippen molar-refractivity contribution >= 4 is 0 Å². The van der Waals surface area contributed by atoms with Crippen LogP contribution in [0.25, 0.3) is 0 Å². The zero-order valence-corrected chi connectivity index (χ0v) is 16.6. The molecule has 0 nitrogen and oxygen atoms in total. The van der Waals surface area contributed by atoms with Crippen LogP contribution in [-0.2, 0) is 0 Å². The third kappa shape index (κ3) is 1.88. The molecular weight excluding hydrogens is 264 g/mol. The molecule has 128 valence electrons. The zero-order chi connectivity index (χ0) is 16.6. The molecule has 0 spiro atoms. The van der Waals surface area contributed by atoms with Crippen LogP contribution in [0.15, 0.2) is 0 Å². The molecule has 4 bridgehead atoms. The highest BCUT2D eigenvalue weighted by Gasteiger charge is 2.60. The second-order valence-electron chi connectivity index (χ2n) is 11.0. The predicted molar refractivity (Wildman–Crippen MR) is 96.8 cm³/mol. The third-order valence-electron chi connectivity index (χ3n) is 10.5. The molecule has 0 aromatic heterocycles. The van der Waals surface area contributed by atoms with E-state index in [2.05, 4.69) is 55.4 Å². The first-order valence-electron chi connectivity index (χ1n) is 9.97. The molecule has 0 aromatic rings. The SMILES string of the molecule is CC1CC2CCC1(C)C2(C)C.CC1CC2CCC1(C)C2(C)C. The Labute approximate surface area is 139 Å². The normalized spacial score (nSPS) is 53.5. The molecule has 0 saturated heterocycles. The average molecular weight is 305 g/mol. The number of hydrogen-bond acceptors (Lipinski definition) is 0. The van der Waals surface area contributed by atoms with E-state index >= 15 is 0 Å². The lowest BCUT2D eigenvalue weighted by atomic mass is 9.67. The maximum absolute atomic E-state index is 2.50.